The molecule has 0 spiro atoms. The molecule has 0 aromatic rings. The van der Waals surface area contributed by atoms with Crippen LogP contribution in [0.5, 0.6) is 0 Å². The lowest BCUT2D eigenvalue weighted by Crippen LogP contribution is -2.45. The van der Waals surface area contributed by atoms with Crippen LogP contribution in [0.15, 0.2) is 0 Å². The summed E-state index contributed by atoms with van der Waals surface area (Å²) < 4.78 is 5.50. The van der Waals surface area contributed by atoms with E-state index in [4.69, 9.17) is 4.74 Å². The summed E-state index contributed by atoms with van der Waals surface area (Å²) in [5.74, 6) is -0.000723. The summed E-state index contributed by atoms with van der Waals surface area (Å²) in [6.45, 7) is 4.99. The van der Waals surface area contributed by atoms with Crippen LogP contribution < -0.4 is 5.32 Å². The zero-order valence-corrected chi connectivity index (χ0v) is 54.2. The van der Waals surface area contributed by atoms with E-state index >= 15 is 0 Å². The first kappa shape index (κ1) is 77.9. The highest BCUT2D eigenvalue weighted by Gasteiger charge is 2.20. The molecular formula is C73H145NO5. The van der Waals surface area contributed by atoms with E-state index < -0.39 is 12.1 Å². The van der Waals surface area contributed by atoms with Gasteiger partial charge in [-0.05, 0) is 25.7 Å². The van der Waals surface area contributed by atoms with Gasteiger partial charge in [0.2, 0.25) is 5.91 Å². The summed E-state index contributed by atoms with van der Waals surface area (Å²) >= 11 is 0. The summed E-state index contributed by atoms with van der Waals surface area (Å²) in [7, 11) is 0. The van der Waals surface area contributed by atoms with E-state index in [1.165, 1.54) is 360 Å². The monoisotopic (exact) mass is 1120 g/mol. The molecule has 0 heterocycles. The van der Waals surface area contributed by atoms with Crippen LogP contribution in [-0.4, -0.2) is 47.4 Å². The fourth-order valence-electron chi connectivity index (χ4n) is 12.1. The highest BCUT2D eigenvalue weighted by Crippen LogP contribution is 2.20. The third kappa shape index (κ3) is 65.9. The van der Waals surface area contributed by atoms with Crippen LogP contribution in [0.25, 0.3) is 0 Å². The average molecular weight is 1120 g/mol. The summed E-state index contributed by atoms with van der Waals surface area (Å²) in [6, 6.07) is -0.534. The van der Waals surface area contributed by atoms with Crippen LogP contribution in [0.2, 0.25) is 0 Å². The molecule has 0 rings (SSSR count). The van der Waals surface area contributed by atoms with Crippen molar-refractivity contribution in [3.63, 3.8) is 0 Å². The van der Waals surface area contributed by atoms with Crippen molar-refractivity contribution in [2.45, 2.75) is 443 Å². The molecule has 6 heteroatoms. The Hall–Kier alpha value is -1.14. The van der Waals surface area contributed by atoms with Crippen molar-refractivity contribution in [3.8, 4) is 0 Å². The minimum absolute atomic E-state index is 0.0267. The van der Waals surface area contributed by atoms with Gasteiger partial charge in [0.25, 0.3) is 0 Å². The molecule has 2 atom stereocenters. The molecule has 0 fully saturated rings. The predicted molar refractivity (Wildman–Crippen MR) is 347 cm³/mol. The Labute approximate surface area is 496 Å². The van der Waals surface area contributed by atoms with Crippen LogP contribution in [0.4, 0.5) is 0 Å². The van der Waals surface area contributed by atoms with Gasteiger partial charge in [-0.25, -0.2) is 0 Å². The number of ether oxygens (including phenoxy) is 1. The van der Waals surface area contributed by atoms with E-state index in [0.29, 0.717) is 25.9 Å². The van der Waals surface area contributed by atoms with Crippen molar-refractivity contribution in [1.82, 2.24) is 5.32 Å². The van der Waals surface area contributed by atoms with Crippen LogP contribution in [-0.2, 0) is 14.3 Å². The van der Waals surface area contributed by atoms with Gasteiger partial charge in [0.05, 0.1) is 25.4 Å². The molecule has 0 aromatic carbocycles. The smallest absolute Gasteiger partial charge is 0.305 e. The first-order valence-corrected chi connectivity index (χ1v) is 36.8. The van der Waals surface area contributed by atoms with Crippen molar-refractivity contribution in [2.75, 3.05) is 13.2 Å². The third-order valence-corrected chi connectivity index (χ3v) is 17.7. The van der Waals surface area contributed by atoms with Crippen molar-refractivity contribution >= 4 is 11.9 Å². The van der Waals surface area contributed by atoms with Gasteiger partial charge >= 0.3 is 5.97 Å². The second-order valence-corrected chi connectivity index (χ2v) is 25.6. The van der Waals surface area contributed by atoms with Gasteiger partial charge in [-0.2, -0.15) is 0 Å². The predicted octanol–water partition coefficient (Wildman–Crippen LogP) is 23.8. The number of unbranched alkanes of at least 4 members (excludes halogenated alkanes) is 59. The molecule has 3 N–H and O–H groups in total. The lowest BCUT2D eigenvalue weighted by molar-refractivity contribution is -0.143. The van der Waals surface area contributed by atoms with Crippen LogP contribution >= 0.6 is 0 Å². The average Bonchev–Trinajstić information content (AvgIpc) is 3.45. The van der Waals surface area contributed by atoms with E-state index in [2.05, 4.69) is 19.2 Å². The molecule has 0 radical (unpaired) electrons. The number of aliphatic hydroxyl groups is 2. The second-order valence-electron chi connectivity index (χ2n) is 25.6. The normalized spacial score (nSPS) is 12.4. The van der Waals surface area contributed by atoms with E-state index in [0.717, 1.165) is 38.5 Å². The number of rotatable bonds is 70. The third-order valence-electron chi connectivity index (χ3n) is 17.7. The summed E-state index contributed by atoms with van der Waals surface area (Å²) in [5.41, 5.74) is 0. The summed E-state index contributed by atoms with van der Waals surface area (Å²) in [6.07, 6.45) is 84.8. The zero-order valence-electron chi connectivity index (χ0n) is 54.2. The van der Waals surface area contributed by atoms with Gasteiger partial charge in [0.15, 0.2) is 0 Å². The standard InChI is InChI=1S/C73H145NO5/c1-3-5-7-9-11-13-15-16-43-47-51-55-59-63-67-73(78)79-68-64-60-56-52-48-44-41-39-37-35-33-31-29-27-25-23-21-19-17-18-20-22-24-26-28-30-32-34-36-38-40-42-46-50-54-58-62-66-72(77)74-70(69-75)71(76)65-61-57-53-49-45-14-12-10-8-6-4-2/h70-71,75-76H,3-69H2,1-2H3,(H,74,77). The van der Waals surface area contributed by atoms with Gasteiger partial charge in [-0.15, -0.1) is 0 Å². The second kappa shape index (κ2) is 69.4. The number of carbonyl (C=O) groups excluding carboxylic acids is 2. The molecule has 79 heavy (non-hydrogen) atoms. The first-order chi connectivity index (χ1) is 39.0. The number of hydrogen-bond donors (Lipinski definition) is 3. The maximum Gasteiger partial charge on any atom is 0.305 e. The van der Waals surface area contributed by atoms with Crippen LogP contribution in [0, 0.1) is 0 Å². The lowest BCUT2D eigenvalue weighted by Gasteiger charge is -2.22. The van der Waals surface area contributed by atoms with Gasteiger partial charge in [0.1, 0.15) is 0 Å². The minimum atomic E-state index is -0.657. The Bertz CT molecular complexity index is 1150. The molecule has 0 saturated heterocycles. The van der Waals surface area contributed by atoms with Gasteiger partial charge in [-0.1, -0.05) is 393 Å². The van der Waals surface area contributed by atoms with Crippen LogP contribution in [0.3, 0.4) is 0 Å². The maximum absolute atomic E-state index is 12.5. The minimum Gasteiger partial charge on any atom is -0.466 e. The van der Waals surface area contributed by atoms with Gasteiger partial charge in [-0.3, -0.25) is 9.59 Å². The SMILES string of the molecule is CCCCCCCCCCCCCCCCC(=O)OCCCCCCCCCCCCCCCCCCCCCCCCCCCCCCCCCCCCCCCC(=O)NC(CO)C(O)CCCCCCCCCCCCC. The fourth-order valence-corrected chi connectivity index (χ4v) is 12.1. The number of nitrogens with one attached hydrogen (secondary N) is 1. The highest BCUT2D eigenvalue weighted by molar-refractivity contribution is 5.76. The summed E-state index contributed by atoms with van der Waals surface area (Å²) in [5, 5.41) is 23.2. The van der Waals surface area contributed by atoms with Crippen molar-refractivity contribution in [3.05, 3.63) is 0 Å². The molecule has 2 unspecified atom stereocenters. The number of hydrogen-bond acceptors (Lipinski definition) is 5. The molecule has 6 nitrogen and oxygen atoms in total. The fraction of sp³-hybridized carbons (Fsp3) is 0.973. The zero-order chi connectivity index (χ0) is 57.1. The van der Waals surface area contributed by atoms with E-state index in [1.54, 1.807) is 0 Å². The van der Waals surface area contributed by atoms with Crippen molar-refractivity contribution in [2.24, 2.45) is 0 Å². The topological polar surface area (TPSA) is 95.9 Å². The molecule has 472 valence electrons. The Kier molecular flexibility index (Phi) is 68.4. The molecule has 0 aromatic heterocycles. The Balaban J connectivity index is 3.26. The maximum atomic E-state index is 12.5. The van der Waals surface area contributed by atoms with E-state index in [1.807, 2.05) is 0 Å². The molecule has 0 saturated carbocycles. The van der Waals surface area contributed by atoms with Crippen LogP contribution in [0.1, 0.15) is 431 Å². The molecule has 0 aliphatic rings. The molecule has 1 amide bonds. The Morgan fingerprint density at radius 2 is 0.519 bits per heavy atom. The van der Waals surface area contributed by atoms with E-state index in [9.17, 15) is 19.8 Å². The molecule has 0 aliphatic carbocycles. The molecule has 0 bridgehead atoms. The molecule has 0 aliphatic heterocycles. The molecular weight excluding hydrogens is 971 g/mol. The summed E-state index contributed by atoms with van der Waals surface area (Å²) in [4.78, 5) is 24.5. The van der Waals surface area contributed by atoms with E-state index in [-0.39, 0.29) is 18.5 Å². The highest BCUT2D eigenvalue weighted by atomic mass is 16.5. The Morgan fingerprint density at radius 1 is 0.304 bits per heavy atom. The number of esters is 1. The van der Waals surface area contributed by atoms with Crippen molar-refractivity contribution in [1.29, 1.82) is 0 Å². The largest absolute Gasteiger partial charge is 0.466 e. The number of amides is 1. The quantitative estimate of drug-likeness (QED) is 0.0417. The van der Waals surface area contributed by atoms with Crippen molar-refractivity contribution < 1.29 is 24.5 Å². The number of aliphatic hydroxyl groups excluding tert-OH is 2. The number of carbonyl (C=O) groups is 2. The lowest BCUT2D eigenvalue weighted by atomic mass is 10.0. The first-order valence-electron chi connectivity index (χ1n) is 36.8. The van der Waals surface area contributed by atoms with Gasteiger partial charge in [0, 0.05) is 12.8 Å². The van der Waals surface area contributed by atoms with Gasteiger partial charge < -0.3 is 20.3 Å². The Morgan fingerprint density at radius 3 is 0.772 bits per heavy atom.